The number of ether oxygens (including phenoxy) is 2. The Labute approximate surface area is 147 Å². The van der Waals surface area contributed by atoms with Crippen molar-refractivity contribution in [2.45, 2.75) is 6.42 Å². The zero-order valence-corrected chi connectivity index (χ0v) is 14.3. The number of nitrogens with zero attached hydrogens (tertiary/aromatic N) is 4. The van der Waals surface area contributed by atoms with E-state index in [0.717, 1.165) is 13.1 Å². The molecular weight excluding hydrogens is 320 g/mol. The highest BCUT2D eigenvalue weighted by Gasteiger charge is 2.22. The molecule has 7 heteroatoms. The molecule has 1 fully saturated rings. The van der Waals surface area contributed by atoms with Crippen LogP contribution in [0.2, 0.25) is 0 Å². The zero-order valence-electron chi connectivity index (χ0n) is 14.3. The molecule has 3 rings (SSSR count). The van der Waals surface area contributed by atoms with Crippen LogP contribution < -0.4 is 14.4 Å². The fourth-order valence-corrected chi connectivity index (χ4v) is 2.75. The molecule has 7 nitrogen and oxygen atoms in total. The van der Waals surface area contributed by atoms with Gasteiger partial charge in [0.05, 0.1) is 20.1 Å². The minimum Gasteiger partial charge on any atom is -0.493 e. The van der Waals surface area contributed by atoms with Crippen LogP contribution in [0.1, 0.15) is 6.42 Å². The SMILES string of the molecule is COc1ccccc1OCCC(=O)N1CCN(c2ncccn2)CC1. The lowest BCUT2D eigenvalue weighted by Gasteiger charge is -2.34. The summed E-state index contributed by atoms with van der Waals surface area (Å²) in [5.74, 6) is 2.15. The predicted octanol–water partition coefficient (Wildman–Crippen LogP) is 1.60. The summed E-state index contributed by atoms with van der Waals surface area (Å²) in [6.07, 6.45) is 3.81. The van der Waals surface area contributed by atoms with Crippen molar-refractivity contribution < 1.29 is 14.3 Å². The standard InChI is InChI=1S/C18H22N4O3/c1-24-15-5-2-3-6-16(15)25-14-7-17(23)21-10-12-22(13-11-21)18-19-8-4-9-20-18/h2-6,8-9H,7,10-14H2,1H3. The maximum Gasteiger partial charge on any atom is 0.226 e. The van der Waals surface area contributed by atoms with Gasteiger partial charge in [0, 0.05) is 38.6 Å². The van der Waals surface area contributed by atoms with E-state index in [1.165, 1.54) is 0 Å². The van der Waals surface area contributed by atoms with E-state index < -0.39 is 0 Å². The van der Waals surface area contributed by atoms with Crippen LogP contribution in [0.5, 0.6) is 11.5 Å². The van der Waals surface area contributed by atoms with E-state index in [9.17, 15) is 4.79 Å². The first-order chi connectivity index (χ1) is 12.3. The summed E-state index contributed by atoms with van der Waals surface area (Å²) in [5, 5.41) is 0. The maximum absolute atomic E-state index is 12.4. The minimum absolute atomic E-state index is 0.100. The summed E-state index contributed by atoms with van der Waals surface area (Å²) >= 11 is 0. The Kier molecular flexibility index (Phi) is 5.66. The lowest BCUT2D eigenvalue weighted by atomic mass is 10.3. The topological polar surface area (TPSA) is 67.8 Å². The third kappa shape index (κ3) is 4.37. The van der Waals surface area contributed by atoms with Gasteiger partial charge in [-0.2, -0.15) is 0 Å². The van der Waals surface area contributed by atoms with Gasteiger partial charge in [0.1, 0.15) is 0 Å². The highest BCUT2D eigenvalue weighted by Crippen LogP contribution is 2.25. The molecule has 2 aromatic rings. The number of hydrogen-bond acceptors (Lipinski definition) is 6. The first kappa shape index (κ1) is 17.0. The van der Waals surface area contributed by atoms with Gasteiger partial charge >= 0.3 is 0 Å². The maximum atomic E-state index is 12.4. The largest absolute Gasteiger partial charge is 0.493 e. The molecule has 0 spiro atoms. The fraction of sp³-hybridized carbons (Fsp3) is 0.389. The van der Waals surface area contributed by atoms with Gasteiger partial charge < -0.3 is 19.3 Å². The van der Waals surface area contributed by atoms with E-state index in [1.807, 2.05) is 29.2 Å². The Morgan fingerprint density at radius 2 is 1.72 bits per heavy atom. The Bertz CT molecular complexity index is 688. The molecule has 0 unspecified atom stereocenters. The minimum atomic E-state index is 0.100. The second kappa shape index (κ2) is 8.32. The van der Waals surface area contributed by atoms with Crippen LogP contribution in [0, 0.1) is 0 Å². The van der Waals surface area contributed by atoms with Crippen LogP contribution >= 0.6 is 0 Å². The zero-order chi connectivity index (χ0) is 17.5. The van der Waals surface area contributed by atoms with Gasteiger partial charge in [-0.15, -0.1) is 0 Å². The molecule has 1 aromatic carbocycles. The number of rotatable bonds is 6. The highest BCUT2D eigenvalue weighted by atomic mass is 16.5. The number of aromatic nitrogens is 2. The van der Waals surface area contributed by atoms with E-state index >= 15 is 0 Å². The molecule has 2 heterocycles. The number of methoxy groups -OCH3 is 1. The Morgan fingerprint density at radius 1 is 1.04 bits per heavy atom. The molecule has 0 atom stereocenters. The van der Waals surface area contributed by atoms with E-state index in [-0.39, 0.29) is 5.91 Å². The van der Waals surface area contributed by atoms with Crippen LogP contribution in [-0.4, -0.2) is 60.7 Å². The number of anilines is 1. The lowest BCUT2D eigenvalue weighted by Crippen LogP contribution is -2.49. The molecule has 1 aliphatic rings. The number of para-hydroxylation sites is 2. The van der Waals surface area contributed by atoms with Gasteiger partial charge in [0.15, 0.2) is 11.5 Å². The highest BCUT2D eigenvalue weighted by molar-refractivity contribution is 5.76. The summed E-state index contributed by atoms with van der Waals surface area (Å²) in [7, 11) is 1.60. The molecule has 132 valence electrons. The molecule has 0 saturated carbocycles. The Balaban J connectivity index is 1.44. The first-order valence-corrected chi connectivity index (χ1v) is 8.33. The smallest absolute Gasteiger partial charge is 0.226 e. The second-order valence-electron chi connectivity index (χ2n) is 5.67. The second-order valence-corrected chi connectivity index (χ2v) is 5.67. The molecule has 0 N–H and O–H groups in total. The number of hydrogen-bond donors (Lipinski definition) is 0. The van der Waals surface area contributed by atoms with E-state index in [4.69, 9.17) is 9.47 Å². The third-order valence-corrected chi connectivity index (χ3v) is 4.11. The van der Waals surface area contributed by atoms with Gasteiger partial charge in [0.25, 0.3) is 0 Å². The molecule has 25 heavy (non-hydrogen) atoms. The van der Waals surface area contributed by atoms with Gasteiger partial charge in [-0.1, -0.05) is 12.1 Å². The monoisotopic (exact) mass is 342 g/mol. The molecule has 0 bridgehead atoms. The summed E-state index contributed by atoms with van der Waals surface area (Å²) in [6, 6.07) is 9.23. The van der Waals surface area contributed by atoms with Crippen LogP contribution in [0.25, 0.3) is 0 Å². The average molecular weight is 342 g/mol. The van der Waals surface area contributed by atoms with Crippen molar-refractivity contribution in [3.63, 3.8) is 0 Å². The molecule has 1 amide bonds. The van der Waals surface area contributed by atoms with Gasteiger partial charge in [-0.3, -0.25) is 4.79 Å². The van der Waals surface area contributed by atoms with E-state index in [2.05, 4.69) is 14.9 Å². The number of carbonyl (C=O) groups excluding carboxylic acids is 1. The fourth-order valence-electron chi connectivity index (χ4n) is 2.75. The van der Waals surface area contributed by atoms with Crippen LogP contribution in [0.3, 0.4) is 0 Å². The molecule has 1 aromatic heterocycles. The van der Waals surface area contributed by atoms with Crippen LogP contribution in [-0.2, 0) is 4.79 Å². The molecule has 1 saturated heterocycles. The van der Waals surface area contributed by atoms with E-state index in [1.54, 1.807) is 25.6 Å². The van der Waals surface area contributed by atoms with Crippen molar-refractivity contribution in [2.75, 3.05) is 44.8 Å². The number of amides is 1. The summed E-state index contributed by atoms with van der Waals surface area (Å²) in [5.41, 5.74) is 0. The normalized spacial score (nSPS) is 14.3. The van der Waals surface area contributed by atoms with Crippen molar-refractivity contribution in [1.29, 1.82) is 0 Å². The van der Waals surface area contributed by atoms with Crippen molar-refractivity contribution in [3.05, 3.63) is 42.7 Å². The molecule has 0 radical (unpaired) electrons. The molecule has 1 aliphatic heterocycles. The third-order valence-electron chi connectivity index (χ3n) is 4.11. The van der Waals surface area contributed by atoms with E-state index in [0.29, 0.717) is 43.6 Å². The molecular formula is C18H22N4O3. The van der Waals surface area contributed by atoms with Crippen molar-refractivity contribution >= 4 is 11.9 Å². The average Bonchev–Trinajstić information content (AvgIpc) is 2.69. The van der Waals surface area contributed by atoms with Crippen LogP contribution in [0.15, 0.2) is 42.7 Å². The van der Waals surface area contributed by atoms with Crippen molar-refractivity contribution in [1.82, 2.24) is 14.9 Å². The van der Waals surface area contributed by atoms with Crippen molar-refractivity contribution in [3.8, 4) is 11.5 Å². The Morgan fingerprint density at radius 3 is 2.40 bits per heavy atom. The summed E-state index contributed by atoms with van der Waals surface area (Å²) in [4.78, 5) is 24.8. The number of piperazine rings is 1. The Hall–Kier alpha value is -2.83. The summed E-state index contributed by atoms with van der Waals surface area (Å²) in [6.45, 7) is 3.16. The van der Waals surface area contributed by atoms with Gasteiger partial charge in [0.2, 0.25) is 11.9 Å². The van der Waals surface area contributed by atoms with Crippen LogP contribution in [0.4, 0.5) is 5.95 Å². The van der Waals surface area contributed by atoms with Crippen molar-refractivity contribution in [2.24, 2.45) is 0 Å². The number of benzene rings is 1. The van der Waals surface area contributed by atoms with Gasteiger partial charge in [-0.25, -0.2) is 9.97 Å². The quantitative estimate of drug-likeness (QED) is 0.794. The predicted molar refractivity (Wildman–Crippen MR) is 93.9 cm³/mol. The molecule has 0 aliphatic carbocycles. The lowest BCUT2D eigenvalue weighted by molar-refractivity contribution is -0.132. The van der Waals surface area contributed by atoms with Gasteiger partial charge in [-0.05, 0) is 18.2 Å². The number of carbonyl (C=O) groups is 1. The first-order valence-electron chi connectivity index (χ1n) is 8.33. The summed E-state index contributed by atoms with van der Waals surface area (Å²) < 4.78 is 10.9.